The van der Waals surface area contributed by atoms with Crippen molar-refractivity contribution >= 4 is 33.5 Å². The fourth-order valence-corrected chi connectivity index (χ4v) is 1.91. The number of hydrogen-bond acceptors (Lipinski definition) is 2. The lowest BCUT2D eigenvalue weighted by Crippen LogP contribution is -2.04. The van der Waals surface area contributed by atoms with Crippen LogP contribution in [0.25, 0.3) is 0 Å². The second kappa shape index (κ2) is 4.24. The van der Waals surface area contributed by atoms with Crippen LogP contribution in [0.5, 0.6) is 0 Å². The summed E-state index contributed by atoms with van der Waals surface area (Å²) in [5.41, 5.74) is 6.76. The average molecular weight is 287 g/mol. The van der Waals surface area contributed by atoms with Crippen LogP contribution in [0.15, 0.2) is 35.1 Å². The summed E-state index contributed by atoms with van der Waals surface area (Å²) in [4.78, 5) is 3.96. The van der Waals surface area contributed by atoms with Gasteiger partial charge in [-0.2, -0.15) is 0 Å². The summed E-state index contributed by atoms with van der Waals surface area (Å²) in [6.45, 7) is 0.660. The molecule has 0 fully saturated rings. The molecule has 0 saturated carbocycles. The second-order valence-corrected chi connectivity index (χ2v) is 4.33. The topological polar surface area (TPSA) is 43.8 Å². The van der Waals surface area contributed by atoms with Gasteiger partial charge < -0.3 is 10.3 Å². The molecular formula is C10H9BrClN3. The summed E-state index contributed by atoms with van der Waals surface area (Å²) in [5.74, 6) is 0.502. The highest BCUT2D eigenvalue weighted by atomic mass is 79.9. The summed E-state index contributed by atoms with van der Waals surface area (Å²) in [6, 6.07) is 5.75. The molecule has 2 rings (SSSR count). The lowest BCUT2D eigenvalue weighted by atomic mass is 10.2. The van der Waals surface area contributed by atoms with Crippen LogP contribution in [0, 0.1) is 0 Å². The standard InChI is InChI=1S/C10H9BrClN3/c11-9-7(2-1-3-8(9)12)6-15-5-4-14-10(15)13/h1-5H,6H2,(H2,13,14). The number of nitrogens with two attached hydrogens (primary N) is 1. The van der Waals surface area contributed by atoms with E-state index in [4.69, 9.17) is 17.3 Å². The maximum Gasteiger partial charge on any atom is 0.200 e. The molecule has 1 aromatic carbocycles. The van der Waals surface area contributed by atoms with Crippen LogP contribution in [-0.2, 0) is 6.54 Å². The van der Waals surface area contributed by atoms with Gasteiger partial charge in [-0.3, -0.25) is 0 Å². The van der Waals surface area contributed by atoms with Gasteiger partial charge in [0.25, 0.3) is 0 Å². The van der Waals surface area contributed by atoms with E-state index in [1.165, 1.54) is 0 Å². The lowest BCUT2D eigenvalue weighted by Gasteiger charge is -2.07. The molecule has 5 heteroatoms. The molecule has 0 amide bonds. The van der Waals surface area contributed by atoms with E-state index in [0.717, 1.165) is 10.0 Å². The van der Waals surface area contributed by atoms with Gasteiger partial charge in [-0.25, -0.2) is 4.98 Å². The normalized spacial score (nSPS) is 10.5. The van der Waals surface area contributed by atoms with Crippen molar-refractivity contribution in [1.82, 2.24) is 9.55 Å². The largest absolute Gasteiger partial charge is 0.369 e. The first-order valence-electron chi connectivity index (χ1n) is 4.38. The van der Waals surface area contributed by atoms with Crippen molar-refractivity contribution < 1.29 is 0 Å². The van der Waals surface area contributed by atoms with Crippen LogP contribution in [0.4, 0.5) is 5.95 Å². The van der Waals surface area contributed by atoms with E-state index in [0.29, 0.717) is 17.5 Å². The minimum atomic E-state index is 0.502. The summed E-state index contributed by atoms with van der Waals surface area (Å²) in [5, 5.41) is 0.700. The summed E-state index contributed by atoms with van der Waals surface area (Å²) in [6.07, 6.45) is 3.51. The van der Waals surface area contributed by atoms with Gasteiger partial charge in [0, 0.05) is 16.9 Å². The molecule has 1 aromatic heterocycles. The van der Waals surface area contributed by atoms with Gasteiger partial charge in [0.2, 0.25) is 0 Å². The van der Waals surface area contributed by atoms with Crippen molar-refractivity contribution in [3.05, 3.63) is 45.7 Å². The summed E-state index contributed by atoms with van der Waals surface area (Å²) < 4.78 is 2.76. The predicted molar refractivity (Wildman–Crippen MR) is 64.9 cm³/mol. The third-order valence-electron chi connectivity index (χ3n) is 2.12. The first-order chi connectivity index (χ1) is 7.18. The quantitative estimate of drug-likeness (QED) is 0.922. The zero-order valence-corrected chi connectivity index (χ0v) is 10.2. The molecule has 0 aliphatic heterocycles. The highest BCUT2D eigenvalue weighted by molar-refractivity contribution is 9.10. The Morgan fingerprint density at radius 3 is 2.93 bits per heavy atom. The van der Waals surface area contributed by atoms with Crippen LogP contribution in [0.2, 0.25) is 5.02 Å². The molecule has 15 heavy (non-hydrogen) atoms. The highest BCUT2D eigenvalue weighted by Gasteiger charge is 2.05. The fourth-order valence-electron chi connectivity index (χ4n) is 1.33. The maximum absolute atomic E-state index is 5.99. The predicted octanol–water partition coefficient (Wildman–Crippen LogP) is 2.93. The smallest absolute Gasteiger partial charge is 0.200 e. The van der Waals surface area contributed by atoms with Gasteiger partial charge in [0.15, 0.2) is 5.95 Å². The van der Waals surface area contributed by atoms with Gasteiger partial charge >= 0.3 is 0 Å². The second-order valence-electron chi connectivity index (χ2n) is 3.13. The molecule has 3 nitrogen and oxygen atoms in total. The van der Waals surface area contributed by atoms with E-state index < -0.39 is 0 Å². The molecular weight excluding hydrogens is 277 g/mol. The Morgan fingerprint density at radius 1 is 1.47 bits per heavy atom. The molecule has 0 unspecified atom stereocenters. The van der Waals surface area contributed by atoms with Crippen LogP contribution >= 0.6 is 27.5 Å². The molecule has 0 aliphatic rings. The summed E-state index contributed by atoms with van der Waals surface area (Å²) in [7, 11) is 0. The fraction of sp³-hybridized carbons (Fsp3) is 0.100. The number of nitrogens with zero attached hydrogens (tertiary/aromatic N) is 2. The number of nitrogen functional groups attached to an aromatic ring is 1. The van der Waals surface area contributed by atoms with E-state index in [1.54, 1.807) is 6.20 Å². The first kappa shape index (κ1) is 10.5. The number of benzene rings is 1. The Labute approximate surface area is 101 Å². The Balaban J connectivity index is 2.33. The maximum atomic E-state index is 5.99. The molecule has 0 bridgehead atoms. The number of rotatable bonds is 2. The summed E-state index contributed by atoms with van der Waals surface area (Å²) >= 11 is 9.43. The highest BCUT2D eigenvalue weighted by Crippen LogP contribution is 2.26. The Morgan fingerprint density at radius 2 is 2.27 bits per heavy atom. The minimum Gasteiger partial charge on any atom is -0.369 e. The zero-order chi connectivity index (χ0) is 10.8. The molecule has 1 heterocycles. The van der Waals surface area contributed by atoms with Crippen molar-refractivity contribution in [1.29, 1.82) is 0 Å². The number of hydrogen-bond donors (Lipinski definition) is 1. The van der Waals surface area contributed by atoms with E-state index >= 15 is 0 Å². The molecule has 2 aromatic rings. The minimum absolute atomic E-state index is 0.502. The molecule has 0 radical (unpaired) electrons. The monoisotopic (exact) mass is 285 g/mol. The van der Waals surface area contributed by atoms with Gasteiger partial charge in [-0.1, -0.05) is 23.7 Å². The molecule has 0 aliphatic carbocycles. The van der Waals surface area contributed by atoms with E-state index in [9.17, 15) is 0 Å². The molecule has 2 N–H and O–H groups in total. The van der Waals surface area contributed by atoms with E-state index in [1.807, 2.05) is 29.0 Å². The van der Waals surface area contributed by atoms with Crippen LogP contribution in [-0.4, -0.2) is 9.55 Å². The van der Waals surface area contributed by atoms with Crippen molar-refractivity contribution in [2.45, 2.75) is 6.54 Å². The van der Waals surface area contributed by atoms with Gasteiger partial charge in [-0.15, -0.1) is 0 Å². The molecule has 0 saturated heterocycles. The molecule has 0 atom stereocenters. The van der Waals surface area contributed by atoms with Crippen LogP contribution in [0.3, 0.4) is 0 Å². The zero-order valence-electron chi connectivity index (χ0n) is 7.82. The number of anilines is 1. The van der Waals surface area contributed by atoms with Gasteiger partial charge in [0.05, 0.1) is 11.6 Å². The number of halogens is 2. The number of imidazole rings is 1. The Kier molecular flexibility index (Phi) is 2.98. The molecule has 0 spiro atoms. The van der Waals surface area contributed by atoms with Crippen molar-refractivity contribution in [2.24, 2.45) is 0 Å². The van der Waals surface area contributed by atoms with Gasteiger partial charge in [-0.05, 0) is 27.6 Å². The third kappa shape index (κ3) is 2.16. The lowest BCUT2D eigenvalue weighted by molar-refractivity contribution is 0.807. The Bertz CT molecular complexity index is 481. The number of aromatic nitrogens is 2. The van der Waals surface area contributed by atoms with E-state index in [2.05, 4.69) is 20.9 Å². The van der Waals surface area contributed by atoms with Crippen molar-refractivity contribution in [3.8, 4) is 0 Å². The average Bonchev–Trinajstić information content (AvgIpc) is 2.60. The first-order valence-corrected chi connectivity index (χ1v) is 5.55. The van der Waals surface area contributed by atoms with Crippen molar-refractivity contribution in [3.63, 3.8) is 0 Å². The van der Waals surface area contributed by atoms with Crippen LogP contribution < -0.4 is 5.73 Å². The SMILES string of the molecule is Nc1nccn1Cc1cccc(Cl)c1Br. The third-order valence-corrected chi connectivity index (χ3v) is 3.60. The van der Waals surface area contributed by atoms with Crippen LogP contribution in [0.1, 0.15) is 5.56 Å². The van der Waals surface area contributed by atoms with Crippen molar-refractivity contribution in [2.75, 3.05) is 5.73 Å². The Hall–Kier alpha value is -1.000. The van der Waals surface area contributed by atoms with E-state index in [-0.39, 0.29) is 0 Å². The van der Waals surface area contributed by atoms with Gasteiger partial charge in [0.1, 0.15) is 0 Å². The molecule has 78 valence electrons.